The van der Waals surface area contributed by atoms with Gasteiger partial charge >= 0.3 is 5.97 Å². The number of hydrogen-bond donors (Lipinski definition) is 1. The maximum atomic E-state index is 12.7. The van der Waals surface area contributed by atoms with Gasteiger partial charge in [0.25, 0.3) is 5.91 Å². The molecule has 1 aliphatic rings. The minimum absolute atomic E-state index is 0.115. The molecule has 0 radical (unpaired) electrons. The molecule has 142 valence electrons. The van der Waals surface area contributed by atoms with Crippen LogP contribution < -0.4 is 10.2 Å². The molecule has 2 aromatic rings. The minimum Gasteiger partial charge on any atom is -0.462 e. The number of nitrogens with one attached hydrogen (secondary N) is 1. The van der Waals surface area contributed by atoms with Gasteiger partial charge in [-0.3, -0.25) is 4.79 Å². The summed E-state index contributed by atoms with van der Waals surface area (Å²) in [6.45, 7) is 4.59. The van der Waals surface area contributed by atoms with E-state index >= 15 is 0 Å². The first-order valence-electron chi connectivity index (χ1n) is 8.66. The highest BCUT2D eigenvalue weighted by Crippen LogP contribution is 2.29. The van der Waals surface area contributed by atoms with Gasteiger partial charge in [0, 0.05) is 19.3 Å². The summed E-state index contributed by atoms with van der Waals surface area (Å²) in [7, 11) is 0. The molecule has 1 aromatic heterocycles. The van der Waals surface area contributed by atoms with Crippen molar-refractivity contribution in [1.82, 2.24) is 4.98 Å². The van der Waals surface area contributed by atoms with Crippen molar-refractivity contribution in [2.45, 2.75) is 6.92 Å². The molecule has 0 bridgehead atoms. The van der Waals surface area contributed by atoms with E-state index in [1.54, 1.807) is 37.3 Å². The number of morpholine rings is 1. The maximum Gasteiger partial charge on any atom is 0.338 e. The van der Waals surface area contributed by atoms with Crippen molar-refractivity contribution < 1.29 is 19.1 Å². The summed E-state index contributed by atoms with van der Waals surface area (Å²) in [5, 5.41) is 2.96. The van der Waals surface area contributed by atoms with Crippen LogP contribution in [0.5, 0.6) is 0 Å². The molecule has 0 atom stereocenters. The Hall–Kier alpha value is -2.64. The quantitative estimate of drug-likeness (QED) is 0.625. The van der Waals surface area contributed by atoms with Gasteiger partial charge in [0.2, 0.25) is 0 Å². The Morgan fingerprint density at radius 3 is 2.78 bits per heavy atom. The van der Waals surface area contributed by atoms with Crippen LogP contribution in [0.15, 0.2) is 36.5 Å². The van der Waals surface area contributed by atoms with Crippen molar-refractivity contribution in [3.05, 3.63) is 52.8 Å². The molecule has 8 heteroatoms. The molecule has 3 rings (SSSR count). The highest BCUT2D eigenvalue weighted by Gasteiger charge is 2.20. The number of amides is 1. The lowest BCUT2D eigenvalue weighted by Crippen LogP contribution is -2.36. The highest BCUT2D eigenvalue weighted by molar-refractivity contribution is 6.33. The summed E-state index contributed by atoms with van der Waals surface area (Å²) in [5.74, 6) is -0.843. The van der Waals surface area contributed by atoms with Gasteiger partial charge in [0.1, 0.15) is 5.15 Å². The Morgan fingerprint density at radius 2 is 2.07 bits per heavy atom. The number of rotatable bonds is 5. The Labute approximate surface area is 162 Å². The molecule has 0 saturated carbocycles. The molecule has 0 aliphatic carbocycles. The Morgan fingerprint density at radius 1 is 1.30 bits per heavy atom. The molecule has 1 aliphatic heterocycles. The number of nitrogens with zero attached hydrogens (tertiary/aromatic N) is 2. The van der Waals surface area contributed by atoms with Crippen LogP contribution in [-0.4, -0.2) is 49.8 Å². The van der Waals surface area contributed by atoms with Crippen molar-refractivity contribution in [2.75, 3.05) is 43.1 Å². The van der Waals surface area contributed by atoms with Gasteiger partial charge in [-0.1, -0.05) is 11.6 Å². The highest BCUT2D eigenvalue weighted by atomic mass is 35.5. The van der Waals surface area contributed by atoms with E-state index < -0.39 is 11.9 Å². The number of pyridine rings is 1. The van der Waals surface area contributed by atoms with Crippen LogP contribution in [0, 0.1) is 0 Å². The fourth-order valence-corrected chi connectivity index (χ4v) is 3.01. The summed E-state index contributed by atoms with van der Waals surface area (Å²) in [5.41, 5.74) is 1.93. The van der Waals surface area contributed by atoms with Crippen LogP contribution in [0.4, 0.5) is 11.4 Å². The third-order valence-electron chi connectivity index (χ3n) is 4.11. The average Bonchev–Trinajstić information content (AvgIpc) is 2.69. The molecular weight excluding hydrogens is 370 g/mol. The van der Waals surface area contributed by atoms with E-state index in [1.807, 2.05) is 0 Å². The maximum absolute atomic E-state index is 12.7. The number of esters is 1. The Kier molecular flexibility index (Phi) is 6.26. The second-order valence-electron chi connectivity index (χ2n) is 5.85. The van der Waals surface area contributed by atoms with Crippen LogP contribution in [0.1, 0.15) is 27.6 Å². The van der Waals surface area contributed by atoms with E-state index in [-0.39, 0.29) is 17.3 Å². The second-order valence-corrected chi connectivity index (χ2v) is 6.21. The smallest absolute Gasteiger partial charge is 0.338 e. The van der Waals surface area contributed by atoms with E-state index in [0.29, 0.717) is 37.6 Å². The average molecular weight is 390 g/mol. The molecular formula is C19H20ClN3O4. The van der Waals surface area contributed by atoms with Crippen molar-refractivity contribution in [3.8, 4) is 0 Å². The molecule has 0 spiro atoms. The van der Waals surface area contributed by atoms with Crippen LogP contribution in [0.2, 0.25) is 5.15 Å². The predicted octanol–water partition coefficient (Wildman–Crippen LogP) is 3.00. The topological polar surface area (TPSA) is 80.8 Å². The number of halogens is 1. The summed E-state index contributed by atoms with van der Waals surface area (Å²) in [4.78, 5) is 30.8. The number of benzene rings is 1. The zero-order chi connectivity index (χ0) is 19.2. The third kappa shape index (κ3) is 4.56. The van der Waals surface area contributed by atoms with Gasteiger partial charge in [0.15, 0.2) is 0 Å². The zero-order valence-electron chi connectivity index (χ0n) is 14.9. The van der Waals surface area contributed by atoms with Crippen molar-refractivity contribution in [2.24, 2.45) is 0 Å². The summed E-state index contributed by atoms with van der Waals surface area (Å²) in [6.07, 6.45) is 1.51. The van der Waals surface area contributed by atoms with Crippen LogP contribution >= 0.6 is 11.6 Å². The third-order valence-corrected chi connectivity index (χ3v) is 4.41. The molecule has 0 unspecified atom stereocenters. The second kappa shape index (κ2) is 8.83. The van der Waals surface area contributed by atoms with Gasteiger partial charge in [-0.2, -0.15) is 0 Å². The molecule has 7 nitrogen and oxygen atoms in total. The molecule has 1 amide bonds. The standard InChI is InChI=1S/C19H20ClN3O4/c1-2-27-19(25)13-5-6-16(23-8-10-26-11-9-23)15(12-13)22-18(24)14-4-3-7-21-17(14)20/h3-7,12H,2,8-11H2,1H3,(H,22,24). The number of carbonyl (C=O) groups excluding carboxylic acids is 2. The molecule has 1 aromatic carbocycles. The molecule has 1 saturated heterocycles. The van der Waals surface area contributed by atoms with Crippen LogP contribution in [-0.2, 0) is 9.47 Å². The van der Waals surface area contributed by atoms with E-state index in [1.165, 1.54) is 6.20 Å². The fraction of sp³-hybridized carbons (Fsp3) is 0.316. The first-order chi connectivity index (χ1) is 13.1. The molecule has 27 heavy (non-hydrogen) atoms. The lowest BCUT2D eigenvalue weighted by atomic mass is 10.1. The SMILES string of the molecule is CCOC(=O)c1ccc(N2CCOCC2)c(NC(=O)c2cccnc2Cl)c1. The normalized spacial score (nSPS) is 13.9. The summed E-state index contributed by atoms with van der Waals surface area (Å²) < 4.78 is 10.5. The first-order valence-corrected chi connectivity index (χ1v) is 9.03. The van der Waals surface area contributed by atoms with E-state index in [4.69, 9.17) is 21.1 Å². The molecule has 1 fully saturated rings. The van der Waals surface area contributed by atoms with Gasteiger partial charge in [-0.15, -0.1) is 0 Å². The molecule has 2 heterocycles. The Balaban J connectivity index is 1.93. The van der Waals surface area contributed by atoms with E-state index in [9.17, 15) is 9.59 Å². The van der Waals surface area contributed by atoms with Gasteiger partial charge < -0.3 is 19.7 Å². The fourth-order valence-electron chi connectivity index (χ4n) is 2.80. The first kappa shape index (κ1) is 19.1. The predicted molar refractivity (Wildman–Crippen MR) is 103 cm³/mol. The monoisotopic (exact) mass is 389 g/mol. The van der Waals surface area contributed by atoms with E-state index in [2.05, 4.69) is 15.2 Å². The van der Waals surface area contributed by atoms with E-state index in [0.717, 1.165) is 5.69 Å². The van der Waals surface area contributed by atoms with Crippen molar-refractivity contribution >= 4 is 34.9 Å². The minimum atomic E-state index is -0.444. The van der Waals surface area contributed by atoms with Gasteiger partial charge in [0.05, 0.1) is 42.3 Å². The number of hydrogen-bond acceptors (Lipinski definition) is 6. The van der Waals surface area contributed by atoms with Gasteiger partial charge in [-0.25, -0.2) is 9.78 Å². The largest absolute Gasteiger partial charge is 0.462 e. The number of aromatic nitrogens is 1. The number of ether oxygens (including phenoxy) is 2. The zero-order valence-corrected chi connectivity index (χ0v) is 15.7. The Bertz CT molecular complexity index is 837. The number of anilines is 2. The van der Waals surface area contributed by atoms with Crippen molar-refractivity contribution in [3.63, 3.8) is 0 Å². The summed E-state index contributed by atoms with van der Waals surface area (Å²) >= 11 is 6.02. The van der Waals surface area contributed by atoms with Crippen LogP contribution in [0.3, 0.4) is 0 Å². The molecule has 1 N–H and O–H groups in total. The van der Waals surface area contributed by atoms with Crippen LogP contribution in [0.25, 0.3) is 0 Å². The number of carbonyl (C=O) groups is 2. The van der Waals surface area contributed by atoms with Gasteiger partial charge in [-0.05, 0) is 37.3 Å². The lowest BCUT2D eigenvalue weighted by molar-refractivity contribution is 0.0526. The van der Waals surface area contributed by atoms with Crippen molar-refractivity contribution in [1.29, 1.82) is 0 Å². The summed E-state index contributed by atoms with van der Waals surface area (Å²) in [6, 6.07) is 8.34. The lowest BCUT2D eigenvalue weighted by Gasteiger charge is -2.30.